The van der Waals surface area contributed by atoms with Gasteiger partial charge in [0.1, 0.15) is 4.32 Å². The summed E-state index contributed by atoms with van der Waals surface area (Å²) in [5.74, 6) is -0.305. The van der Waals surface area contributed by atoms with Crippen LogP contribution in [0.2, 0.25) is 0 Å². The van der Waals surface area contributed by atoms with Crippen LogP contribution in [0.3, 0.4) is 0 Å². The lowest BCUT2D eigenvalue weighted by atomic mass is 10.1. The first-order chi connectivity index (χ1) is 15.4. The largest absolute Gasteiger partial charge is 0.308 e. The van der Waals surface area contributed by atoms with Gasteiger partial charge < -0.3 is 4.90 Å². The Labute approximate surface area is 207 Å². The summed E-state index contributed by atoms with van der Waals surface area (Å²) in [5, 5.41) is 0. The first kappa shape index (κ1) is 23.2. The molecule has 0 aromatic heterocycles. The number of benzene rings is 2. The highest BCUT2D eigenvalue weighted by atomic mass is 79.9. The first-order valence-electron chi connectivity index (χ1n) is 10.9. The van der Waals surface area contributed by atoms with Gasteiger partial charge in [0.2, 0.25) is 0 Å². The molecule has 0 saturated carbocycles. The van der Waals surface area contributed by atoms with E-state index in [2.05, 4.69) is 22.9 Å². The zero-order chi connectivity index (χ0) is 22.8. The van der Waals surface area contributed by atoms with Crippen LogP contribution in [-0.4, -0.2) is 27.6 Å². The number of hydrogen-bond donors (Lipinski definition) is 0. The maximum absolute atomic E-state index is 13.5. The Morgan fingerprint density at radius 3 is 2.50 bits per heavy atom. The number of fused-ring (bicyclic) bond motifs is 1. The number of rotatable bonds is 7. The van der Waals surface area contributed by atoms with Crippen molar-refractivity contribution in [1.82, 2.24) is 4.90 Å². The Bertz CT molecular complexity index is 1100. The van der Waals surface area contributed by atoms with Crippen molar-refractivity contribution in [3.8, 4) is 0 Å². The molecule has 32 heavy (non-hydrogen) atoms. The lowest BCUT2D eigenvalue weighted by Gasteiger charge is -2.23. The monoisotopic (exact) mass is 528 g/mol. The van der Waals surface area contributed by atoms with Gasteiger partial charge in [-0.05, 0) is 37.1 Å². The lowest BCUT2D eigenvalue weighted by molar-refractivity contribution is -0.123. The Kier molecular flexibility index (Phi) is 7.17. The molecule has 1 fully saturated rings. The van der Waals surface area contributed by atoms with Crippen LogP contribution >= 0.6 is 39.9 Å². The van der Waals surface area contributed by atoms with Crippen molar-refractivity contribution in [2.45, 2.75) is 45.6 Å². The summed E-state index contributed by atoms with van der Waals surface area (Å²) in [4.78, 5) is 31.0. The quantitative estimate of drug-likeness (QED) is 0.227. The molecule has 0 spiro atoms. The van der Waals surface area contributed by atoms with Gasteiger partial charge in [0, 0.05) is 16.6 Å². The molecule has 2 aromatic rings. The summed E-state index contributed by atoms with van der Waals surface area (Å²) in [6, 6.07) is 15.5. The van der Waals surface area contributed by atoms with Crippen molar-refractivity contribution >= 4 is 67.3 Å². The first-order valence-corrected chi connectivity index (χ1v) is 12.9. The second kappa shape index (κ2) is 9.89. The van der Waals surface area contributed by atoms with Gasteiger partial charge in [0.05, 0.1) is 22.2 Å². The van der Waals surface area contributed by atoms with Crippen LogP contribution in [0, 0.1) is 0 Å². The molecule has 7 heteroatoms. The van der Waals surface area contributed by atoms with Gasteiger partial charge >= 0.3 is 0 Å². The molecule has 2 aliphatic heterocycles. The minimum atomic E-state index is -0.203. The predicted molar refractivity (Wildman–Crippen MR) is 139 cm³/mol. The van der Waals surface area contributed by atoms with Crippen molar-refractivity contribution in [2.24, 2.45) is 0 Å². The number of amides is 2. The van der Waals surface area contributed by atoms with Crippen LogP contribution in [-0.2, 0) is 9.59 Å². The highest BCUT2D eigenvalue weighted by Crippen LogP contribution is 2.47. The molecule has 0 bridgehead atoms. The number of thiocarbonyl (C=S) groups is 1. The van der Waals surface area contributed by atoms with Crippen molar-refractivity contribution < 1.29 is 9.59 Å². The van der Waals surface area contributed by atoms with E-state index in [1.165, 1.54) is 11.8 Å². The Morgan fingerprint density at radius 2 is 1.78 bits per heavy atom. The van der Waals surface area contributed by atoms with Crippen LogP contribution in [0.15, 0.2) is 57.9 Å². The van der Waals surface area contributed by atoms with E-state index in [-0.39, 0.29) is 17.9 Å². The van der Waals surface area contributed by atoms with E-state index in [1.807, 2.05) is 60.4 Å². The highest BCUT2D eigenvalue weighted by Gasteiger charge is 2.43. The van der Waals surface area contributed by atoms with Gasteiger partial charge in [0.15, 0.2) is 0 Å². The molecule has 1 unspecified atom stereocenters. The summed E-state index contributed by atoms with van der Waals surface area (Å²) in [6.45, 7) is 4.79. The van der Waals surface area contributed by atoms with Gasteiger partial charge in [-0.15, -0.1) is 0 Å². The standard InChI is InChI=1S/C25H25BrN2O2S2/c1-3-4-5-9-14-27-20-13-12-18(26)15-19(20)21(23(27)29)22-24(30)28(25(31)32-22)16(2)17-10-7-6-8-11-17/h6-8,10-13,15-16H,3-5,9,14H2,1-2H3/b22-21-. The number of hydrogen-bond acceptors (Lipinski definition) is 4. The molecule has 2 aliphatic rings. The number of anilines is 1. The summed E-state index contributed by atoms with van der Waals surface area (Å²) in [7, 11) is 0. The topological polar surface area (TPSA) is 40.6 Å². The van der Waals surface area contributed by atoms with Crippen LogP contribution < -0.4 is 4.90 Å². The van der Waals surface area contributed by atoms with E-state index in [1.54, 1.807) is 4.90 Å². The third-order valence-corrected chi connectivity index (χ3v) is 7.80. The number of thioether (sulfide) groups is 1. The Hall–Kier alpha value is -1.96. The SMILES string of the molecule is CCCCCCN1C(=O)/C(=C2\SC(=S)N(C(C)c3ccccc3)C2=O)c2cc(Br)ccc21. The minimum absolute atomic E-state index is 0.109. The van der Waals surface area contributed by atoms with Gasteiger partial charge in [-0.2, -0.15) is 0 Å². The average Bonchev–Trinajstić information content (AvgIpc) is 3.22. The summed E-state index contributed by atoms with van der Waals surface area (Å²) < 4.78 is 1.36. The van der Waals surface area contributed by atoms with Gasteiger partial charge in [0.25, 0.3) is 11.8 Å². The van der Waals surface area contributed by atoms with E-state index in [0.29, 0.717) is 21.3 Å². The summed E-state index contributed by atoms with van der Waals surface area (Å²) >= 11 is 10.4. The van der Waals surface area contributed by atoms with Crippen molar-refractivity contribution in [2.75, 3.05) is 11.4 Å². The lowest BCUT2D eigenvalue weighted by Crippen LogP contribution is -2.32. The van der Waals surface area contributed by atoms with Crippen LogP contribution in [0.1, 0.15) is 56.7 Å². The number of unbranched alkanes of at least 4 members (excludes halogenated alkanes) is 3. The molecule has 2 amide bonds. The Balaban J connectivity index is 1.71. The fourth-order valence-electron chi connectivity index (χ4n) is 4.19. The van der Waals surface area contributed by atoms with E-state index >= 15 is 0 Å². The zero-order valence-electron chi connectivity index (χ0n) is 18.1. The summed E-state index contributed by atoms with van der Waals surface area (Å²) in [6.07, 6.45) is 4.31. The maximum atomic E-state index is 13.5. The van der Waals surface area contributed by atoms with Crippen LogP contribution in [0.25, 0.3) is 5.57 Å². The fraction of sp³-hybridized carbons (Fsp3) is 0.320. The molecule has 4 rings (SSSR count). The smallest absolute Gasteiger partial charge is 0.267 e. The van der Waals surface area contributed by atoms with Crippen LogP contribution in [0.4, 0.5) is 5.69 Å². The van der Waals surface area contributed by atoms with E-state index in [0.717, 1.165) is 47.0 Å². The predicted octanol–water partition coefficient (Wildman–Crippen LogP) is 6.71. The number of halogens is 1. The maximum Gasteiger partial charge on any atom is 0.267 e. The molecule has 166 valence electrons. The molecule has 2 aromatic carbocycles. The van der Waals surface area contributed by atoms with E-state index in [9.17, 15) is 9.59 Å². The van der Waals surface area contributed by atoms with Crippen molar-refractivity contribution in [3.63, 3.8) is 0 Å². The number of nitrogens with zero attached hydrogens (tertiary/aromatic N) is 2. The van der Waals surface area contributed by atoms with Gasteiger partial charge in [-0.3, -0.25) is 14.5 Å². The normalized spacial score (nSPS) is 19.2. The minimum Gasteiger partial charge on any atom is -0.308 e. The molecule has 0 aliphatic carbocycles. The Morgan fingerprint density at radius 1 is 1.03 bits per heavy atom. The van der Waals surface area contributed by atoms with E-state index < -0.39 is 0 Å². The molecule has 0 radical (unpaired) electrons. The molecule has 0 N–H and O–H groups in total. The van der Waals surface area contributed by atoms with Crippen LogP contribution in [0.5, 0.6) is 0 Å². The highest BCUT2D eigenvalue weighted by molar-refractivity contribution is 9.10. The van der Waals surface area contributed by atoms with Gasteiger partial charge in [-0.1, -0.05) is 96.4 Å². The summed E-state index contributed by atoms with van der Waals surface area (Å²) in [5.41, 5.74) is 3.14. The second-order valence-corrected chi connectivity index (χ2v) is 10.6. The van der Waals surface area contributed by atoms with Crippen molar-refractivity contribution in [1.29, 1.82) is 0 Å². The number of carbonyl (C=O) groups excluding carboxylic acids is 2. The zero-order valence-corrected chi connectivity index (χ0v) is 21.4. The van der Waals surface area contributed by atoms with Crippen molar-refractivity contribution in [3.05, 3.63) is 69.0 Å². The number of carbonyl (C=O) groups is 2. The fourth-order valence-corrected chi connectivity index (χ4v) is 6.04. The second-order valence-electron chi connectivity index (χ2n) is 8.01. The molecule has 1 atom stereocenters. The molecule has 2 heterocycles. The molecule has 4 nitrogen and oxygen atoms in total. The van der Waals surface area contributed by atoms with Gasteiger partial charge in [-0.25, -0.2) is 0 Å². The molecular formula is C25H25BrN2O2S2. The third-order valence-electron chi connectivity index (χ3n) is 5.91. The average molecular weight is 530 g/mol. The third kappa shape index (κ3) is 4.30. The van der Waals surface area contributed by atoms with E-state index in [4.69, 9.17) is 12.2 Å². The molecule has 1 saturated heterocycles. The molecular weight excluding hydrogens is 504 g/mol.